The Kier molecular flexibility index (Phi) is 5.68. The average Bonchev–Trinajstić information content (AvgIpc) is 2.50. The number of hydrogen-bond acceptors (Lipinski definition) is 5. The fourth-order valence-corrected chi connectivity index (χ4v) is 3.29. The Morgan fingerprint density at radius 3 is 2.81 bits per heavy atom. The second-order valence-electron chi connectivity index (χ2n) is 4.64. The molecule has 0 radical (unpaired) electrons. The zero-order valence-corrected chi connectivity index (χ0v) is 14.1. The van der Waals surface area contributed by atoms with Crippen LogP contribution in [0.3, 0.4) is 0 Å². The molecular formula is C14H15IN2O3S. The van der Waals surface area contributed by atoms with Crippen molar-refractivity contribution in [3.8, 4) is 0 Å². The summed E-state index contributed by atoms with van der Waals surface area (Å²) >= 11 is 1.99. The van der Waals surface area contributed by atoms with Gasteiger partial charge >= 0.3 is 0 Å². The van der Waals surface area contributed by atoms with E-state index in [1.165, 1.54) is 0 Å². The highest BCUT2D eigenvalue weighted by molar-refractivity contribution is 14.1. The lowest BCUT2D eigenvalue weighted by atomic mass is 9.88. The summed E-state index contributed by atoms with van der Waals surface area (Å²) in [4.78, 5) is 11.8. The Bertz CT molecular complexity index is 694. The second-order valence-corrected chi connectivity index (χ2v) is 6.31. The number of fused-ring (bicyclic) bond motifs is 1. The van der Waals surface area contributed by atoms with Gasteiger partial charge in [0.2, 0.25) is 10.3 Å². The van der Waals surface area contributed by atoms with Crippen LogP contribution in [0.15, 0.2) is 47.6 Å². The second kappa shape index (κ2) is 7.30. The van der Waals surface area contributed by atoms with Crippen molar-refractivity contribution in [2.45, 2.75) is 12.1 Å². The molecular weight excluding hydrogens is 403 g/mol. The van der Waals surface area contributed by atoms with E-state index in [2.05, 4.69) is 5.32 Å². The number of nitrogens with one attached hydrogen (secondary N) is 1. The first-order chi connectivity index (χ1) is 10.0. The van der Waals surface area contributed by atoms with Crippen LogP contribution < -0.4 is 11.1 Å². The maximum Gasteiger partial charge on any atom is 0.222 e. The van der Waals surface area contributed by atoms with Gasteiger partial charge in [-0.05, 0) is 11.6 Å². The number of nitrogens with two attached hydrogens (primary N) is 1. The van der Waals surface area contributed by atoms with Crippen molar-refractivity contribution in [1.29, 1.82) is 0 Å². The van der Waals surface area contributed by atoms with Crippen molar-refractivity contribution in [1.82, 2.24) is 5.32 Å². The third kappa shape index (κ3) is 3.79. The summed E-state index contributed by atoms with van der Waals surface area (Å²) < 4.78 is 22.9. The molecule has 2 rings (SSSR count). The van der Waals surface area contributed by atoms with Crippen molar-refractivity contribution in [3.05, 3.63) is 47.6 Å². The first-order valence-electron chi connectivity index (χ1n) is 6.36. The van der Waals surface area contributed by atoms with Crippen LogP contribution in [0.25, 0.3) is 0 Å². The van der Waals surface area contributed by atoms with Crippen LogP contribution in [0.2, 0.25) is 0 Å². The Morgan fingerprint density at radius 2 is 2.14 bits per heavy atom. The predicted molar refractivity (Wildman–Crippen MR) is 92.0 cm³/mol. The van der Waals surface area contributed by atoms with Crippen LogP contribution in [0, 0.1) is 0 Å². The van der Waals surface area contributed by atoms with Gasteiger partial charge in [0, 0.05) is 12.1 Å². The number of carbonyl (C=O) groups excluding carboxylic acids is 1. The molecule has 7 heteroatoms. The van der Waals surface area contributed by atoms with E-state index in [0.717, 1.165) is 5.57 Å². The molecule has 2 aliphatic carbocycles. The molecule has 0 heterocycles. The molecule has 2 aliphatic rings. The van der Waals surface area contributed by atoms with Gasteiger partial charge in [-0.25, -0.2) is 0 Å². The molecule has 0 aromatic carbocycles. The van der Waals surface area contributed by atoms with Crippen LogP contribution >= 0.6 is 22.6 Å². The molecule has 21 heavy (non-hydrogen) atoms. The van der Waals surface area contributed by atoms with Crippen LogP contribution in [0.4, 0.5) is 0 Å². The fourth-order valence-electron chi connectivity index (χ4n) is 2.17. The molecule has 0 saturated carbocycles. The van der Waals surface area contributed by atoms with Crippen LogP contribution in [-0.2, 0) is 15.1 Å². The molecule has 0 fully saturated rings. The highest BCUT2D eigenvalue weighted by atomic mass is 127. The number of halogens is 1. The number of ketones is 1. The Labute approximate surface area is 138 Å². The first kappa shape index (κ1) is 16.3. The zero-order valence-electron chi connectivity index (χ0n) is 11.1. The van der Waals surface area contributed by atoms with E-state index in [0.29, 0.717) is 16.5 Å². The molecule has 3 N–H and O–H groups in total. The van der Waals surface area contributed by atoms with Gasteiger partial charge in [-0.2, -0.15) is 8.42 Å². The van der Waals surface area contributed by atoms with Crippen molar-refractivity contribution in [3.63, 3.8) is 0 Å². The molecule has 5 nitrogen and oxygen atoms in total. The third-order valence-electron chi connectivity index (χ3n) is 3.28. The van der Waals surface area contributed by atoms with E-state index < -0.39 is 16.3 Å². The van der Waals surface area contributed by atoms with Crippen LogP contribution in [0.1, 0.15) is 0 Å². The van der Waals surface area contributed by atoms with Gasteiger partial charge in [0.05, 0.1) is 16.5 Å². The summed E-state index contributed by atoms with van der Waals surface area (Å²) in [5, 5.41) is 3.20. The SMILES string of the molecule is NC(CNC1C=CC=C2C1=CC=CC2=S(=O)=O)C(=O)CI. The molecule has 0 spiro atoms. The van der Waals surface area contributed by atoms with Gasteiger partial charge in [-0.1, -0.05) is 53.0 Å². The summed E-state index contributed by atoms with van der Waals surface area (Å²) in [6, 6.07) is -0.706. The molecule has 0 bridgehead atoms. The van der Waals surface area contributed by atoms with E-state index in [4.69, 9.17) is 5.73 Å². The Balaban J connectivity index is 2.15. The maximum atomic E-state index is 11.5. The normalized spacial score (nSPS) is 21.4. The fraction of sp³-hybridized carbons (Fsp3) is 0.286. The molecule has 0 aromatic heterocycles. The number of allylic oxidation sites excluding steroid dienone is 5. The van der Waals surface area contributed by atoms with E-state index >= 15 is 0 Å². The lowest BCUT2D eigenvalue weighted by Gasteiger charge is -2.26. The molecule has 0 aromatic rings. The maximum absolute atomic E-state index is 11.5. The summed E-state index contributed by atoms with van der Waals surface area (Å²) in [6.45, 7) is 0.348. The Hall–Kier alpha value is -1.03. The summed E-state index contributed by atoms with van der Waals surface area (Å²) in [7, 11) is -2.28. The Morgan fingerprint density at radius 1 is 1.38 bits per heavy atom. The van der Waals surface area contributed by atoms with E-state index in [1.807, 2.05) is 40.8 Å². The van der Waals surface area contributed by atoms with Gasteiger partial charge in [-0.15, -0.1) is 0 Å². The predicted octanol–water partition coefficient (Wildman–Crippen LogP) is 0.320. The molecule has 0 aliphatic heterocycles. The lowest BCUT2D eigenvalue weighted by molar-refractivity contribution is -0.117. The molecule has 2 atom stereocenters. The van der Waals surface area contributed by atoms with Crippen LogP contribution in [0.5, 0.6) is 0 Å². The highest BCUT2D eigenvalue weighted by Crippen LogP contribution is 2.24. The van der Waals surface area contributed by atoms with Crippen LogP contribution in [-0.4, -0.2) is 42.1 Å². The minimum absolute atomic E-state index is 0.0101. The first-order valence-corrected chi connectivity index (χ1v) is 8.96. The highest BCUT2D eigenvalue weighted by Gasteiger charge is 2.24. The van der Waals surface area contributed by atoms with E-state index in [-0.39, 0.29) is 16.7 Å². The van der Waals surface area contributed by atoms with Crippen molar-refractivity contribution < 1.29 is 13.2 Å². The third-order valence-corrected chi connectivity index (χ3v) is 4.75. The number of Topliss-reactive ketones (excluding diaryl/α,β-unsaturated/α-hetero) is 1. The van der Waals surface area contributed by atoms with Gasteiger partial charge < -0.3 is 11.1 Å². The van der Waals surface area contributed by atoms with Gasteiger partial charge in [0.25, 0.3) is 0 Å². The molecule has 112 valence electrons. The van der Waals surface area contributed by atoms with Crippen molar-refractivity contribution >= 4 is 43.5 Å². The quantitative estimate of drug-likeness (QED) is 0.382. The van der Waals surface area contributed by atoms with Crippen molar-refractivity contribution in [2.75, 3.05) is 11.0 Å². The molecule has 0 saturated heterocycles. The van der Waals surface area contributed by atoms with E-state index in [1.54, 1.807) is 18.2 Å². The largest absolute Gasteiger partial charge is 0.320 e. The zero-order chi connectivity index (χ0) is 15.4. The average molecular weight is 418 g/mol. The monoisotopic (exact) mass is 418 g/mol. The molecule has 0 amide bonds. The van der Waals surface area contributed by atoms with Gasteiger partial charge in [0.1, 0.15) is 4.86 Å². The van der Waals surface area contributed by atoms with Gasteiger partial charge in [-0.3, -0.25) is 4.79 Å². The van der Waals surface area contributed by atoms with Gasteiger partial charge in [0.15, 0.2) is 5.78 Å². The smallest absolute Gasteiger partial charge is 0.222 e. The molecule has 2 unspecified atom stereocenters. The number of alkyl halides is 1. The number of rotatable bonds is 5. The standard InChI is InChI=1S/C14H15IN2O3S/c15-7-13(18)11(16)8-17-12-5-1-4-10-9(12)3-2-6-14(10)21(19)20/h1-6,11-12,17H,7-8,16H2. The lowest BCUT2D eigenvalue weighted by Crippen LogP contribution is -2.45. The summed E-state index contributed by atoms with van der Waals surface area (Å²) in [6.07, 6.45) is 10.6. The number of carbonyl (C=O) groups is 1. The summed E-state index contributed by atoms with van der Waals surface area (Å²) in [5.41, 5.74) is 7.34. The van der Waals surface area contributed by atoms with Crippen molar-refractivity contribution in [2.24, 2.45) is 5.73 Å². The topological polar surface area (TPSA) is 89.3 Å². The van der Waals surface area contributed by atoms with E-state index in [9.17, 15) is 13.2 Å². The minimum Gasteiger partial charge on any atom is -0.320 e. The number of hydrogen-bond donors (Lipinski definition) is 2. The minimum atomic E-state index is -2.28. The summed E-state index contributed by atoms with van der Waals surface area (Å²) in [5.74, 6) is -0.0101.